The van der Waals surface area contributed by atoms with Crippen LogP contribution in [0.4, 0.5) is 4.39 Å². The van der Waals surface area contributed by atoms with E-state index in [-0.39, 0.29) is 12.2 Å². The minimum Gasteiger partial charge on any atom is -0.370 e. The van der Waals surface area contributed by atoms with Gasteiger partial charge in [-0.25, -0.2) is 4.39 Å². The summed E-state index contributed by atoms with van der Waals surface area (Å²) >= 11 is 0. The first-order valence-corrected chi connectivity index (χ1v) is 4.98. The lowest BCUT2D eigenvalue weighted by atomic mass is 10.0. The average molecular weight is 218 g/mol. The molecule has 0 aliphatic heterocycles. The molecule has 1 aromatic heterocycles. The summed E-state index contributed by atoms with van der Waals surface area (Å²) < 4.78 is 13.3. The van der Waals surface area contributed by atoms with Crippen molar-refractivity contribution in [3.63, 3.8) is 0 Å². The molecule has 0 bridgehead atoms. The third kappa shape index (κ3) is 2.16. The molecule has 0 fully saturated rings. The Bertz CT molecular complexity index is 540. The lowest BCUT2D eigenvalue weighted by Crippen LogP contribution is -2.11. The van der Waals surface area contributed by atoms with Gasteiger partial charge in [0, 0.05) is 18.0 Å². The first-order chi connectivity index (χ1) is 7.66. The van der Waals surface area contributed by atoms with Crippen LogP contribution in [0.1, 0.15) is 12.0 Å². The second kappa shape index (κ2) is 4.26. The van der Waals surface area contributed by atoms with Gasteiger partial charge in [-0.3, -0.25) is 9.78 Å². The quantitative estimate of drug-likeness (QED) is 0.853. The second-order valence-electron chi connectivity index (χ2n) is 3.61. The van der Waals surface area contributed by atoms with Crippen LogP contribution in [0.3, 0.4) is 0 Å². The Hall–Kier alpha value is -1.97. The minimum atomic E-state index is -0.395. The normalized spacial score (nSPS) is 10.6. The van der Waals surface area contributed by atoms with Gasteiger partial charge in [-0.15, -0.1) is 0 Å². The highest BCUT2D eigenvalue weighted by Crippen LogP contribution is 2.19. The number of carbonyl (C=O) groups excluding carboxylic acids is 1. The Morgan fingerprint density at radius 2 is 2.25 bits per heavy atom. The highest BCUT2D eigenvalue weighted by atomic mass is 19.1. The average Bonchev–Trinajstić information content (AvgIpc) is 2.25. The van der Waals surface area contributed by atoms with Crippen LogP contribution < -0.4 is 5.73 Å². The fraction of sp³-hybridized carbons (Fsp3) is 0.167. The van der Waals surface area contributed by atoms with Crippen LogP contribution in [-0.2, 0) is 11.2 Å². The number of nitrogens with zero attached hydrogens (tertiary/aromatic N) is 1. The van der Waals surface area contributed by atoms with Crippen molar-refractivity contribution in [3.05, 3.63) is 41.8 Å². The summed E-state index contributed by atoms with van der Waals surface area (Å²) in [6.07, 6.45) is 2.27. The van der Waals surface area contributed by atoms with Gasteiger partial charge < -0.3 is 5.73 Å². The summed E-state index contributed by atoms with van der Waals surface area (Å²) in [6.45, 7) is 0. The largest absolute Gasteiger partial charge is 0.370 e. The van der Waals surface area contributed by atoms with Crippen molar-refractivity contribution >= 4 is 16.8 Å². The zero-order valence-electron chi connectivity index (χ0n) is 8.61. The molecule has 0 radical (unpaired) electrons. The van der Waals surface area contributed by atoms with Gasteiger partial charge in [0.25, 0.3) is 0 Å². The summed E-state index contributed by atoms with van der Waals surface area (Å²) in [5, 5.41) is 0.738. The number of aromatic nitrogens is 1. The molecule has 0 aliphatic carbocycles. The highest BCUT2D eigenvalue weighted by molar-refractivity contribution is 5.82. The Balaban J connectivity index is 2.46. The molecule has 0 saturated heterocycles. The number of pyridine rings is 1. The van der Waals surface area contributed by atoms with Crippen molar-refractivity contribution in [2.45, 2.75) is 12.8 Å². The third-order valence-electron chi connectivity index (χ3n) is 2.39. The van der Waals surface area contributed by atoms with E-state index in [0.29, 0.717) is 6.42 Å². The van der Waals surface area contributed by atoms with Gasteiger partial charge in [0.05, 0.1) is 5.52 Å². The van der Waals surface area contributed by atoms with Gasteiger partial charge in [0.1, 0.15) is 5.82 Å². The van der Waals surface area contributed by atoms with Gasteiger partial charge in [0.2, 0.25) is 5.91 Å². The number of hydrogen-bond donors (Lipinski definition) is 1. The van der Waals surface area contributed by atoms with Crippen molar-refractivity contribution in [1.82, 2.24) is 4.98 Å². The maximum absolute atomic E-state index is 13.3. The van der Waals surface area contributed by atoms with Crippen LogP contribution in [0.5, 0.6) is 0 Å². The summed E-state index contributed by atoms with van der Waals surface area (Å²) in [7, 11) is 0. The van der Waals surface area contributed by atoms with Gasteiger partial charge in [-0.2, -0.15) is 0 Å². The number of amides is 1. The highest BCUT2D eigenvalue weighted by Gasteiger charge is 2.06. The number of nitrogens with two attached hydrogens (primary N) is 1. The molecule has 1 heterocycles. The van der Waals surface area contributed by atoms with E-state index in [2.05, 4.69) is 4.98 Å². The molecular formula is C12H11FN2O. The molecule has 4 heteroatoms. The topological polar surface area (TPSA) is 56.0 Å². The van der Waals surface area contributed by atoms with Crippen molar-refractivity contribution in [2.75, 3.05) is 0 Å². The molecule has 3 nitrogen and oxygen atoms in total. The molecule has 0 spiro atoms. The number of rotatable bonds is 3. The van der Waals surface area contributed by atoms with Crippen molar-refractivity contribution in [2.24, 2.45) is 5.73 Å². The standard InChI is InChI=1S/C12H11FN2O/c13-10-6-8-2-1-5-15-12(8)9(7-10)3-4-11(14)16/h1-2,5-7H,3-4H2,(H2,14,16). The van der Waals surface area contributed by atoms with Crippen LogP contribution in [-0.4, -0.2) is 10.9 Å². The van der Waals surface area contributed by atoms with E-state index < -0.39 is 5.91 Å². The zero-order valence-corrected chi connectivity index (χ0v) is 8.61. The Morgan fingerprint density at radius 3 is 3.00 bits per heavy atom. The number of hydrogen-bond acceptors (Lipinski definition) is 2. The van der Waals surface area contributed by atoms with Crippen molar-refractivity contribution < 1.29 is 9.18 Å². The summed E-state index contributed by atoms with van der Waals surface area (Å²) in [5.74, 6) is -0.715. The van der Waals surface area contributed by atoms with E-state index in [9.17, 15) is 9.18 Å². The Morgan fingerprint density at radius 1 is 1.44 bits per heavy atom. The lowest BCUT2D eigenvalue weighted by Gasteiger charge is -2.04. The first-order valence-electron chi connectivity index (χ1n) is 4.98. The number of primary amides is 1. The smallest absolute Gasteiger partial charge is 0.217 e. The van der Waals surface area contributed by atoms with Crippen molar-refractivity contribution in [3.8, 4) is 0 Å². The first kappa shape index (κ1) is 10.5. The molecule has 0 unspecified atom stereocenters. The number of fused-ring (bicyclic) bond motifs is 1. The molecule has 2 aromatic rings. The lowest BCUT2D eigenvalue weighted by molar-refractivity contribution is -0.117. The van der Waals surface area contributed by atoms with Gasteiger partial charge in [-0.05, 0) is 30.2 Å². The van der Waals surface area contributed by atoms with E-state index in [4.69, 9.17) is 5.73 Å². The molecule has 2 N–H and O–H groups in total. The molecule has 0 atom stereocenters. The molecule has 2 rings (SSSR count). The minimum absolute atomic E-state index is 0.203. The molecule has 1 aromatic carbocycles. The van der Waals surface area contributed by atoms with E-state index in [1.807, 2.05) is 0 Å². The monoisotopic (exact) mass is 218 g/mol. The number of benzene rings is 1. The summed E-state index contributed by atoms with van der Waals surface area (Å²) in [6, 6.07) is 6.37. The van der Waals surface area contributed by atoms with E-state index in [0.717, 1.165) is 16.5 Å². The van der Waals surface area contributed by atoms with Gasteiger partial charge in [0.15, 0.2) is 0 Å². The van der Waals surface area contributed by atoms with E-state index in [1.54, 1.807) is 18.3 Å². The predicted octanol–water partition coefficient (Wildman–Crippen LogP) is 1.79. The predicted molar refractivity (Wildman–Crippen MR) is 59.2 cm³/mol. The zero-order chi connectivity index (χ0) is 11.5. The van der Waals surface area contributed by atoms with Gasteiger partial charge in [-0.1, -0.05) is 6.07 Å². The fourth-order valence-electron chi connectivity index (χ4n) is 1.68. The Labute approximate surface area is 92.1 Å². The molecular weight excluding hydrogens is 207 g/mol. The Kier molecular flexibility index (Phi) is 2.81. The molecule has 0 aliphatic rings. The number of carbonyl (C=O) groups is 1. The second-order valence-corrected chi connectivity index (χ2v) is 3.61. The molecule has 0 saturated carbocycles. The van der Waals surface area contributed by atoms with Gasteiger partial charge >= 0.3 is 0 Å². The van der Waals surface area contributed by atoms with Crippen LogP contribution >= 0.6 is 0 Å². The fourth-order valence-corrected chi connectivity index (χ4v) is 1.68. The van der Waals surface area contributed by atoms with Crippen LogP contribution in [0.15, 0.2) is 30.5 Å². The molecule has 1 amide bonds. The van der Waals surface area contributed by atoms with E-state index >= 15 is 0 Å². The number of halogens is 1. The molecule has 16 heavy (non-hydrogen) atoms. The van der Waals surface area contributed by atoms with Crippen LogP contribution in [0.25, 0.3) is 10.9 Å². The van der Waals surface area contributed by atoms with Crippen LogP contribution in [0, 0.1) is 5.82 Å². The maximum atomic E-state index is 13.3. The third-order valence-corrected chi connectivity index (χ3v) is 2.39. The maximum Gasteiger partial charge on any atom is 0.217 e. The number of aryl methyl sites for hydroxylation is 1. The van der Waals surface area contributed by atoms with Crippen molar-refractivity contribution in [1.29, 1.82) is 0 Å². The molecule has 82 valence electrons. The van der Waals surface area contributed by atoms with E-state index in [1.165, 1.54) is 12.1 Å². The summed E-state index contributed by atoms with van der Waals surface area (Å²) in [5.41, 5.74) is 6.51. The SMILES string of the molecule is NC(=O)CCc1cc(F)cc2cccnc12. The summed E-state index contributed by atoms with van der Waals surface area (Å²) in [4.78, 5) is 14.9. The van der Waals surface area contributed by atoms with Crippen LogP contribution in [0.2, 0.25) is 0 Å².